The summed E-state index contributed by atoms with van der Waals surface area (Å²) in [6.07, 6.45) is 3.83. The lowest BCUT2D eigenvalue weighted by molar-refractivity contribution is -0.146. The van der Waals surface area contributed by atoms with E-state index in [0.717, 1.165) is 54.1 Å². The normalized spacial score (nSPS) is 24.8. The molecule has 0 bridgehead atoms. The molecule has 4 aromatic rings. The summed E-state index contributed by atoms with van der Waals surface area (Å²) in [5.41, 5.74) is 2.83. The predicted octanol–water partition coefficient (Wildman–Crippen LogP) is 4.19. The average Bonchev–Trinajstić information content (AvgIpc) is 3.90. The number of aliphatic hydroxyl groups excluding tert-OH is 1. The topological polar surface area (TPSA) is 146 Å². The highest BCUT2D eigenvalue weighted by molar-refractivity contribution is 6.71. The van der Waals surface area contributed by atoms with Gasteiger partial charge in [-0.2, -0.15) is 0 Å². The minimum atomic E-state index is -2.87. The Bertz CT molecular complexity index is 2030. The van der Waals surface area contributed by atoms with Gasteiger partial charge in [0.05, 0.1) is 37.8 Å². The maximum absolute atomic E-state index is 15.0. The predicted molar refractivity (Wildman–Crippen MR) is 211 cm³/mol. The number of ether oxygens (including phenoxy) is 2. The molecule has 55 heavy (non-hydrogen) atoms. The number of anilines is 3. The van der Waals surface area contributed by atoms with Crippen molar-refractivity contribution in [2.24, 2.45) is 5.92 Å². The van der Waals surface area contributed by atoms with E-state index >= 15 is 4.79 Å². The molecule has 0 saturated carbocycles. The number of hydrogen-bond acceptors (Lipinski definition) is 10. The van der Waals surface area contributed by atoms with Crippen LogP contribution in [0.4, 0.5) is 17.1 Å². The zero-order valence-corrected chi connectivity index (χ0v) is 33.0. The van der Waals surface area contributed by atoms with E-state index in [4.69, 9.17) is 9.47 Å². The number of amides is 2. The maximum atomic E-state index is 15.0. The van der Waals surface area contributed by atoms with Crippen molar-refractivity contribution in [2.75, 3.05) is 48.2 Å². The number of nitrogens with zero attached hydrogens (tertiary/aromatic N) is 6. The largest absolute Gasteiger partial charge is 0.497 e. The van der Waals surface area contributed by atoms with Crippen molar-refractivity contribution < 1.29 is 29.0 Å². The van der Waals surface area contributed by atoms with Crippen molar-refractivity contribution in [1.82, 2.24) is 20.3 Å². The average molecular weight is 766 g/mol. The lowest BCUT2D eigenvalue weighted by Gasteiger charge is -2.39. The van der Waals surface area contributed by atoms with Crippen LogP contribution in [-0.4, -0.2) is 90.1 Å². The van der Waals surface area contributed by atoms with Gasteiger partial charge in [-0.05, 0) is 93.5 Å². The van der Waals surface area contributed by atoms with E-state index in [1.165, 1.54) is 0 Å². The van der Waals surface area contributed by atoms with E-state index in [0.29, 0.717) is 44.0 Å². The molecular formula is C41H51N7O6Si. The van der Waals surface area contributed by atoms with Gasteiger partial charge in [-0.3, -0.25) is 19.2 Å². The molecule has 2 spiro atoms. The first-order valence-electron chi connectivity index (χ1n) is 19.3. The third-order valence-electron chi connectivity index (χ3n) is 12.3. The number of benzene rings is 3. The molecule has 8 rings (SSSR count). The van der Waals surface area contributed by atoms with Crippen LogP contribution >= 0.6 is 0 Å². The Labute approximate surface area is 323 Å². The highest BCUT2D eigenvalue weighted by atomic mass is 28.4. The van der Waals surface area contributed by atoms with Crippen LogP contribution in [0.2, 0.25) is 18.6 Å². The second-order valence-electron chi connectivity index (χ2n) is 16.0. The first kappa shape index (κ1) is 37.3. The van der Waals surface area contributed by atoms with Crippen molar-refractivity contribution in [2.45, 2.75) is 81.6 Å². The smallest absolute Gasteiger partial charge is 0.264 e. The second-order valence-corrected chi connectivity index (χ2v) is 19.9. The number of nitrogens with one attached hydrogen (secondary N) is 1. The number of piperidine rings is 1. The van der Waals surface area contributed by atoms with Crippen LogP contribution in [0.3, 0.4) is 0 Å². The van der Waals surface area contributed by atoms with Crippen LogP contribution in [0.25, 0.3) is 0 Å². The summed E-state index contributed by atoms with van der Waals surface area (Å²) in [4.78, 5) is 46.9. The lowest BCUT2D eigenvalue weighted by atomic mass is 9.82. The fourth-order valence-electron chi connectivity index (χ4n) is 9.68. The lowest BCUT2D eigenvalue weighted by Crippen LogP contribution is -2.55. The maximum Gasteiger partial charge on any atom is 0.264 e. The third kappa shape index (κ3) is 6.33. The zero-order valence-electron chi connectivity index (χ0n) is 32.0. The number of para-hydroxylation sites is 1. The number of fused-ring (bicyclic) bond motifs is 2. The summed E-state index contributed by atoms with van der Waals surface area (Å²) in [6, 6.07) is 23.9. The summed E-state index contributed by atoms with van der Waals surface area (Å²) in [5.74, 6) is 0.252. The van der Waals surface area contributed by atoms with Gasteiger partial charge in [0, 0.05) is 54.2 Å². The molecule has 13 nitrogen and oxygen atoms in total. The van der Waals surface area contributed by atoms with Gasteiger partial charge in [0.2, 0.25) is 0 Å². The van der Waals surface area contributed by atoms with Gasteiger partial charge in [0.1, 0.15) is 11.3 Å². The molecule has 1 aromatic heterocycles. The van der Waals surface area contributed by atoms with Crippen LogP contribution in [0, 0.1) is 5.92 Å². The number of hydrogen-bond donors (Lipinski definition) is 3. The standard InChI is InChI=1S/C41H51N7O6Si/c1-28-37(55(3,4)52)36(16-22-45-26-30(17-23-49)43-44-45)54-41(28)34-24-33(53-2)14-15-35(34)46(39(41)51)25-29-10-12-31(13-11-29)47-27-48(32-8-6-5-7-9-32)40(38(47)50)18-20-42-21-19-40/h5-15,24,26,28,36-37,42,49,52H,16-23,25,27H2,1-4H3/t28-,36+,37-,41+/m1/s1. The minimum absolute atomic E-state index is 0.00714. The van der Waals surface area contributed by atoms with Crippen molar-refractivity contribution in [3.63, 3.8) is 0 Å². The first-order chi connectivity index (χ1) is 26.5. The Morgan fingerprint density at radius 3 is 2.44 bits per heavy atom. The number of carbonyl (C=O) groups is 2. The molecule has 4 aliphatic rings. The third-order valence-corrected chi connectivity index (χ3v) is 14.8. The molecule has 5 heterocycles. The van der Waals surface area contributed by atoms with E-state index in [2.05, 4.69) is 32.7 Å². The van der Waals surface area contributed by atoms with Crippen molar-refractivity contribution in [1.29, 1.82) is 0 Å². The Morgan fingerprint density at radius 1 is 1.00 bits per heavy atom. The van der Waals surface area contributed by atoms with Crippen molar-refractivity contribution in [3.8, 4) is 5.75 Å². The fourth-order valence-corrected chi connectivity index (χ4v) is 12.3. The van der Waals surface area contributed by atoms with Crippen molar-refractivity contribution >= 4 is 37.2 Å². The molecule has 14 heteroatoms. The van der Waals surface area contributed by atoms with Crippen LogP contribution in [0.5, 0.6) is 5.75 Å². The highest BCUT2D eigenvalue weighted by Crippen LogP contribution is 2.60. The summed E-state index contributed by atoms with van der Waals surface area (Å²) in [5, 5.41) is 21.1. The Morgan fingerprint density at radius 2 is 1.75 bits per heavy atom. The number of aryl methyl sites for hydroxylation is 1. The molecule has 4 aliphatic heterocycles. The Kier molecular flexibility index (Phi) is 9.83. The van der Waals surface area contributed by atoms with E-state index in [9.17, 15) is 14.7 Å². The molecule has 0 unspecified atom stereocenters. The summed E-state index contributed by atoms with van der Waals surface area (Å²) >= 11 is 0. The monoisotopic (exact) mass is 765 g/mol. The number of rotatable bonds is 11. The Hall–Kier alpha value is -4.60. The van der Waals surface area contributed by atoms with E-state index in [1.54, 1.807) is 16.7 Å². The molecule has 0 aliphatic carbocycles. The van der Waals surface area contributed by atoms with Gasteiger partial charge in [-0.25, -0.2) is 0 Å². The number of aromatic nitrogens is 3. The van der Waals surface area contributed by atoms with Crippen LogP contribution < -0.4 is 24.8 Å². The fraction of sp³-hybridized carbons (Fsp3) is 0.463. The quantitative estimate of drug-likeness (QED) is 0.190. The van der Waals surface area contributed by atoms with Gasteiger partial charge in [-0.1, -0.05) is 42.5 Å². The zero-order chi connectivity index (χ0) is 38.5. The Balaban J connectivity index is 1.07. The number of methoxy groups -OCH3 is 1. The number of carbonyl (C=O) groups excluding carboxylic acids is 2. The van der Waals surface area contributed by atoms with E-state index in [1.807, 2.05) is 91.8 Å². The molecular weight excluding hydrogens is 715 g/mol. The van der Waals surface area contributed by atoms with Crippen LogP contribution in [0.15, 0.2) is 79.0 Å². The van der Waals surface area contributed by atoms with Gasteiger partial charge in [-0.15, -0.1) is 5.10 Å². The molecule has 3 saturated heterocycles. The summed E-state index contributed by atoms with van der Waals surface area (Å²) < 4.78 is 14.4. The first-order valence-corrected chi connectivity index (χ1v) is 22.4. The van der Waals surface area contributed by atoms with Crippen molar-refractivity contribution in [3.05, 3.63) is 95.8 Å². The molecule has 3 aromatic carbocycles. The van der Waals surface area contributed by atoms with E-state index < -0.39 is 25.6 Å². The summed E-state index contributed by atoms with van der Waals surface area (Å²) in [6.45, 7) is 8.69. The van der Waals surface area contributed by atoms with Gasteiger partial charge < -0.3 is 34.5 Å². The highest BCUT2D eigenvalue weighted by Gasteiger charge is 2.66. The van der Waals surface area contributed by atoms with E-state index in [-0.39, 0.29) is 29.9 Å². The number of aliphatic hydroxyl groups is 1. The molecule has 290 valence electrons. The van der Waals surface area contributed by atoms with Gasteiger partial charge in [0.25, 0.3) is 11.8 Å². The molecule has 3 fully saturated rings. The summed E-state index contributed by atoms with van der Waals surface area (Å²) in [7, 11) is -1.26. The SMILES string of the molecule is COc1ccc2c(c1)[C@]1(O[C@@H](CCn3cc(CCO)nn3)[C@H]([Si](C)(C)O)[C@H]1C)C(=O)N2Cc1ccc(N2CN(c3ccccc3)C3(CCNCC3)C2=O)cc1. The minimum Gasteiger partial charge on any atom is -0.497 e. The van der Waals surface area contributed by atoms with Crippen LogP contribution in [0.1, 0.15) is 43.0 Å². The molecule has 3 N–H and O–H groups in total. The molecule has 4 atom stereocenters. The van der Waals surface area contributed by atoms with Gasteiger partial charge in [0.15, 0.2) is 13.9 Å². The second kappa shape index (κ2) is 14.5. The van der Waals surface area contributed by atoms with Crippen LogP contribution in [-0.2, 0) is 39.4 Å². The molecule has 0 radical (unpaired) electrons. The van der Waals surface area contributed by atoms with Gasteiger partial charge >= 0.3 is 0 Å². The molecule has 2 amide bonds.